The highest BCUT2D eigenvalue weighted by molar-refractivity contribution is 6.74. The molecule has 0 radical (unpaired) electrons. The number of ether oxygens (including phenoxy) is 1. The number of carbonyl (C=O) groups is 2. The van der Waals surface area contributed by atoms with Crippen LogP contribution >= 0.6 is 0 Å². The third-order valence-electron chi connectivity index (χ3n) is 9.78. The Morgan fingerprint density at radius 1 is 1.18 bits per heavy atom. The van der Waals surface area contributed by atoms with Crippen LogP contribution in [0.2, 0.25) is 18.1 Å². The van der Waals surface area contributed by atoms with Gasteiger partial charge in [0.05, 0.1) is 13.2 Å². The molecule has 0 aromatic heterocycles. The summed E-state index contributed by atoms with van der Waals surface area (Å²) >= 11 is 0. The quantitative estimate of drug-likeness (QED) is 0.380. The molecule has 4 aliphatic rings. The monoisotopic (exact) mass is 470 g/mol. The van der Waals surface area contributed by atoms with E-state index < -0.39 is 19.1 Å². The van der Waals surface area contributed by atoms with Crippen molar-refractivity contribution in [3.05, 3.63) is 29.8 Å². The number of nitrogens with zero attached hydrogens (tertiary/aromatic N) is 2. The van der Waals surface area contributed by atoms with Gasteiger partial charge in [-0.25, -0.2) is 0 Å². The van der Waals surface area contributed by atoms with Gasteiger partial charge in [-0.3, -0.25) is 14.5 Å². The molecule has 180 valence electrons. The van der Waals surface area contributed by atoms with E-state index in [1.165, 1.54) is 7.11 Å². The van der Waals surface area contributed by atoms with Crippen LogP contribution in [-0.2, 0) is 24.2 Å². The molecule has 1 aromatic carbocycles. The van der Waals surface area contributed by atoms with Crippen LogP contribution in [-0.4, -0.2) is 64.5 Å². The van der Waals surface area contributed by atoms with Crippen molar-refractivity contribution in [2.24, 2.45) is 11.3 Å². The number of carbonyl (C=O) groups excluding carboxylic acids is 2. The fourth-order valence-electron chi connectivity index (χ4n) is 7.33. The van der Waals surface area contributed by atoms with E-state index in [2.05, 4.69) is 44.8 Å². The summed E-state index contributed by atoms with van der Waals surface area (Å²) in [6.07, 6.45) is 2.30. The number of para-hydroxylation sites is 1. The van der Waals surface area contributed by atoms with Crippen LogP contribution in [0.1, 0.15) is 45.6 Å². The highest BCUT2D eigenvalue weighted by Gasteiger charge is 2.78. The molecule has 33 heavy (non-hydrogen) atoms. The van der Waals surface area contributed by atoms with Crippen molar-refractivity contribution in [2.45, 2.75) is 75.7 Å². The summed E-state index contributed by atoms with van der Waals surface area (Å²) in [7, 11) is 1.21. The number of hydrogen-bond acceptors (Lipinski definition) is 5. The molecule has 0 N–H and O–H groups in total. The van der Waals surface area contributed by atoms with Crippen molar-refractivity contribution in [1.29, 1.82) is 0 Å². The van der Waals surface area contributed by atoms with Crippen LogP contribution < -0.4 is 4.90 Å². The van der Waals surface area contributed by atoms with Crippen LogP contribution in [0.4, 0.5) is 5.69 Å². The van der Waals surface area contributed by atoms with Crippen molar-refractivity contribution in [1.82, 2.24) is 4.90 Å². The lowest BCUT2D eigenvalue weighted by molar-refractivity contribution is -0.163. The predicted octanol–water partition coefficient (Wildman–Crippen LogP) is 3.95. The van der Waals surface area contributed by atoms with Crippen LogP contribution in [0.3, 0.4) is 0 Å². The summed E-state index contributed by atoms with van der Waals surface area (Å²) in [6.45, 7) is 13.3. The molecule has 3 aliphatic heterocycles. The van der Waals surface area contributed by atoms with E-state index in [9.17, 15) is 9.59 Å². The van der Waals surface area contributed by atoms with Gasteiger partial charge in [-0.15, -0.1) is 0 Å². The highest BCUT2D eigenvalue weighted by atomic mass is 28.4. The molecule has 5 rings (SSSR count). The van der Waals surface area contributed by atoms with Gasteiger partial charge in [-0.1, -0.05) is 39.0 Å². The number of rotatable bonds is 3. The van der Waals surface area contributed by atoms with Gasteiger partial charge in [0, 0.05) is 36.7 Å². The number of benzene rings is 1. The van der Waals surface area contributed by atoms with Gasteiger partial charge in [0.15, 0.2) is 13.7 Å². The van der Waals surface area contributed by atoms with Crippen LogP contribution in [0, 0.1) is 11.3 Å². The minimum atomic E-state index is -2.02. The number of anilines is 1. The second-order valence-electron chi connectivity index (χ2n) is 12.1. The fraction of sp³-hybridized carbons (Fsp3) is 0.692. The third-order valence-corrected chi connectivity index (χ3v) is 14.3. The Labute approximate surface area is 198 Å². The molecular weight excluding hydrogens is 432 g/mol. The topological polar surface area (TPSA) is 59.1 Å². The minimum absolute atomic E-state index is 0.0551. The van der Waals surface area contributed by atoms with Gasteiger partial charge in [0.25, 0.3) is 0 Å². The lowest BCUT2D eigenvalue weighted by Crippen LogP contribution is -2.63. The first-order valence-corrected chi connectivity index (χ1v) is 15.2. The minimum Gasteiger partial charge on any atom is -0.468 e. The number of amides is 1. The maximum absolute atomic E-state index is 14.1. The molecular formula is C26H38N2O4Si. The van der Waals surface area contributed by atoms with Crippen molar-refractivity contribution in [3.8, 4) is 0 Å². The Kier molecular flexibility index (Phi) is 5.00. The summed E-state index contributed by atoms with van der Waals surface area (Å²) in [6, 6.07) is 8.29. The summed E-state index contributed by atoms with van der Waals surface area (Å²) < 4.78 is 12.5. The SMILES string of the molecule is COC(=O)[C@]12C[C@H]3[C@@H]4N(CC[C@H]3O[Si](C)(C)C(C)(C)C)CC[C@@]41c1ccccc1N(C)C2=O. The van der Waals surface area contributed by atoms with Crippen LogP contribution in [0.15, 0.2) is 24.3 Å². The van der Waals surface area contributed by atoms with E-state index in [1.807, 2.05) is 18.2 Å². The average molecular weight is 471 g/mol. The highest BCUT2D eigenvalue weighted by Crippen LogP contribution is 2.69. The number of fused-ring (bicyclic) bond motifs is 1. The summed E-state index contributed by atoms with van der Waals surface area (Å²) in [5, 5.41) is 0.103. The van der Waals surface area contributed by atoms with Crippen LogP contribution in [0.5, 0.6) is 0 Å². The largest absolute Gasteiger partial charge is 0.468 e. The first-order chi connectivity index (χ1) is 15.4. The molecule has 1 aromatic rings. The zero-order chi connectivity index (χ0) is 24.0. The molecule has 2 saturated heterocycles. The smallest absolute Gasteiger partial charge is 0.322 e. The Balaban J connectivity index is 1.70. The first kappa shape index (κ1) is 23.1. The number of esters is 1. The molecule has 1 spiro atoms. The summed E-state index contributed by atoms with van der Waals surface area (Å²) in [5.74, 6) is -0.371. The van der Waals surface area contributed by atoms with Crippen molar-refractivity contribution < 1.29 is 18.8 Å². The maximum Gasteiger partial charge on any atom is 0.322 e. The van der Waals surface area contributed by atoms with E-state index in [0.717, 1.165) is 37.2 Å². The zero-order valence-corrected chi connectivity index (χ0v) is 22.1. The van der Waals surface area contributed by atoms with Crippen molar-refractivity contribution in [3.63, 3.8) is 0 Å². The van der Waals surface area contributed by atoms with E-state index in [4.69, 9.17) is 9.16 Å². The molecule has 6 nitrogen and oxygen atoms in total. The van der Waals surface area contributed by atoms with Crippen LogP contribution in [0.25, 0.3) is 0 Å². The molecule has 1 aliphatic carbocycles. The van der Waals surface area contributed by atoms with E-state index >= 15 is 0 Å². The predicted molar refractivity (Wildman–Crippen MR) is 131 cm³/mol. The van der Waals surface area contributed by atoms with Gasteiger partial charge in [0.1, 0.15) is 0 Å². The lowest BCUT2D eigenvalue weighted by Gasteiger charge is -2.51. The van der Waals surface area contributed by atoms with Crippen molar-refractivity contribution in [2.75, 3.05) is 32.1 Å². The van der Waals surface area contributed by atoms with Crippen molar-refractivity contribution >= 4 is 25.9 Å². The van der Waals surface area contributed by atoms with Gasteiger partial charge in [-0.05, 0) is 55.6 Å². The van der Waals surface area contributed by atoms with E-state index in [1.54, 1.807) is 11.9 Å². The van der Waals surface area contributed by atoms with Gasteiger partial charge >= 0.3 is 5.97 Å². The Morgan fingerprint density at radius 2 is 1.88 bits per heavy atom. The molecule has 3 heterocycles. The number of hydrogen-bond donors (Lipinski definition) is 0. The fourth-order valence-corrected chi connectivity index (χ4v) is 8.73. The lowest BCUT2D eigenvalue weighted by atomic mass is 9.57. The number of piperidine rings is 1. The third kappa shape index (κ3) is 2.73. The zero-order valence-electron chi connectivity index (χ0n) is 21.1. The molecule has 1 saturated carbocycles. The summed E-state index contributed by atoms with van der Waals surface area (Å²) in [5.41, 5.74) is 0.284. The van der Waals surface area contributed by atoms with Gasteiger partial charge in [0.2, 0.25) is 5.91 Å². The van der Waals surface area contributed by atoms with E-state index in [-0.39, 0.29) is 35.0 Å². The molecule has 1 amide bonds. The second-order valence-corrected chi connectivity index (χ2v) is 16.8. The molecule has 5 atom stereocenters. The van der Waals surface area contributed by atoms with Gasteiger partial charge < -0.3 is 14.1 Å². The second kappa shape index (κ2) is 7.15. The summed E-state index contributed by atoms with van der Waals surface area (Å²) in [4.78, 5) is 32.1. The molecule has 0 bridgehead atoms. The Morgan fingerprint density at radius 3 is 2.55 bits per heavy atom. The van der Waals surface area contributed by atoms with Gasteiger partial charge in [-0.2, -0.15) is 0 Å². The normalized spacial score (nSPS) is 35.8. The average Bonchev–Trinajstić information content (AvgIpc) is 3.31. The van der Waals surface area contributed by atoms with E-state index in [0.29, 0.717) is 6.42 Å². The molecule has 7 heteroatoms. The Bertz CT molecular complexity index is 1000. The Hall–Kier alpha value is -1.70. The first-order valence-electron chi connectivity index (χ1n) is 12.3. The standard InChI is InChI=1S/C26H38N2O4Si/c1-24(2,3)33(6,7)32-20-12-14-28-15-13-25-18-10-8-9-11-19(18)27(4)22(29)26(25,23(30)31-5)16-17(20)21(25)28/h8-11,17,20-21H,12-16H2,1-7H3/t17-,20-,21+,25-,26-/m1/s1. The maximum atomic E-state index is 14.1. The molecule has 0 unspecified atom stereocenters. The number of methoxy groups -OCH3 is 1. The molecule has 3 fully saturated rings.